The minimum Gasteiger partial charge on any atom is -0.381 e. The molecule has 13 heteroatoms. The minimum atomic E-state index is -2.00. The van der Waals surface area contributed by atoms with Crippen LogP contribution in [0, 0.1) is 11.6 Å². The molecule has 3 heterocycles. The quantitative estimate of drug-likeness (QED) is 0.377. The van der Waals surface area contributed by atoms with Crippen LogP contribution in [0.3, 0.4) is 0 Å². The van der Waals surface area contributed by atoms with Crippen LogP contribution in [0.15, 0.2) is 78.4 Å². The van der Waals surface area contributed by atoms with E-state index in [-0.39, 0.29) is 12.1 Å². The van der Waals surface area contributed by atoms with Crippen LogP contribution in [0.1, 0.15) is 18.5 Å². The van der Waals surface area contributed by atoms with Crippen molar-refractivity contribution in [3.05, 3.63) is 101 Å². The first-order valence-corrected chi connectivity index (χ1v) is 10.5. The number of rotatable bonds is 7. The molecule has 11 nitrogen and oxygen atoms in total. The zero-order valence-corrected chi connectivity index (χ0v) is 18.3. The predicted molar refractivity (Wildman–Crippen MR) is 118 cm³/mol. The Bertz CT molecular complexity index is 1490. The van der Waals surface area contributed by atoms with Crippen molar-refractivity contribution in [1.29, 1.82) is 0 Å². The van der Waals surface area contributed by atoms with E-state index in [4.69, 9.17) is 0 Å². The molecule has 2 aromatic carbocycles. The summed E-state index contributed by atoms with van der Waals surface area (Å²) in [5.74, 6) is -1.75. The van der Waals surface area contributed by atoms with E-state index in [1.165, 1.54) is 26.3 Å². The summed E-state index contributed by atoms with van der Waals surface area (Å²) in [5, 5.41) is 30.3. The zero-order chi connectivity index (χ0) is 24.6. The summed E-state index contributed by atoms with van der Waals surface area (Å²) in [6, 6.07) is 8.90. The Balaban J connectivity index is 1.53. The van der Waals surface area contributed by atoms with Crippen molar-refractivity contribution in [3.63, 3.8) is 0 Å². The molecule has 0 unspecified atom stereocenters. The zero-order valence-electron chi connectivity index (χ0n) is 18.3. The van der Waals surface area contributed by atoms with Crippen LogP contribution in [-0.2, 0) is 12.1 Å². The van der Waals surface area contributed by atoms with Crippen molar-refractivity contribution in [1.82, 2.24) is 44.3 Å². The van der Waals surface area contributed by atoms with Gasteiger partial charge >= 0.3 is 5.69 Å². The summed E-state index contributed by atoms with van der Waals surface area (Å²) < 4.78 is 33.9. The van der Waals surface area contributed by atoms with Crippen molar-refractivity contribution in [2.45, 2.75) is 25.1 Å². The van der Waals surface area contributed by atoms with Gasteiger partial charge in [-0.2, -0.15) is 0 Å². The van der Waals surface area contributed by atoms with E-state index in [0.717, 1.165) is 17.8 Å². The smallest absolute Gasteiger partial charge is 0.333 e. The van der Waals surface area contributed by atoms with Gasteiger partial charge in [-0.15, -0.1) is 10.2 Å². The largest absolute Gasteiger partial charge is 0.381 e. The summed E-state index contributed by atoms with van der Waals surface area (Å²) >= 11 is 0. The lowest BCUT2D eigenvalue weighted by Gasteiger charge is -2.34. The third-order valence-corrected chi connectivity index (χ3v) is 5.92. The summed E-state index contributed by atoms with van der Waals surface area (Å²) in [7, 11) is 0. The fourth-order valence-electron chi connectivity index (χ4n) is 4.01. The van der Waals surface area contributed by atoms with Crippen LogP contribution >= 0.6 is 0 Å². The lowest BCUT2D eigenvalue weighted by atomic mass is 9.86. The molecule has 3 aromatic heterocycles. The Labute approximate surface area is 196 Å². The Morgan fingerprint density at radius 2 is 1.77 bits per heavy atom. The van der Waals surface area contributed by atoms with Crippen LogP contribution in [0.5, 0.6) is 0 Å². The van der Waals surface area contributed by atoms with Crippen LogP contribution in [0.2, 0.25) is 0 Å². The molecular formula is C22H19F2N9O2. The van der Waals surface area contributed by atoms with Gasteiger partial charge in [0, 0.05) is 24.0 Å². The molecule has 0 aliphatic carbocycles. The molecule has 0 spiro atoms. The molecule has 0 radical (unpaired) electrons. The molecule has 1 N–H and O–H groups in total. The second-order valence-electron chi connectivity index (χ2n) is 7.95. The van der Waals surface area contributed by atoms with Crippen LogP contribution < -0.4 is 5.69 Å². The van der Waals surface area contributed by atoms with Crippen molar-refractivity contribution in [2.24, 2.45) is 0 Å². The second-order valence-corrected chi connectivity index (χ2v) is 7.95. The summed E-state index contributed by atoms with van der Waals surface area (Å²) in [4.78, 5) is 13.3. The third-order valence-electron chi connectivity index (χ3n) is 5.92. The molecule has 0 saturated heterocycles. The number of hydrogen-bond donors (Lipinski definition) is 1. The van der Waals surface area contributed by atoms with Crippen molar-refractivity contribution < 1.29 is 13.9 Å². The first-order valence-electron chi connectivity index (χ1n) is 10.5. The normalized spacial score (nSPS) is 14.1. The lowest BCUT2D eigenvalue weighted by Crippen LogP contribution is -2.43. The summed E-state index contributed by atoms with van der Waals surface area (Å²) in [6.07, 6.45) is 7.54. The molecule has 0 fully saturated rings. The van der Waals surface area contributed by atoms with Crippen molar-refractivity contribution >= 4 is 0 Å². The van der Waals surface area contributed by atoms with Crippen molar-refractivity contribution in [3.8, 4) is 11.4 Å². The van der Waals surface area contributed by atoms with E-state index in [2.05, 4.69) is 25.8 Å². The van der Waals surface area contributed by atoms with Gasteiger partial charge in [0.1, 0.15) is 23.6 Å². The predicted octanol–water partition coefficient (Wildman–Crippen LogP) is 1.63. The maximum absolute atomic E-state index is 14.8. The summed E-state index contributed by atoms with van der Waals surface area (Å²) in [5.41, 5.74) is -1.33. The van der Waals surface area contributed by atoms with Gasteiger partial charge in [0.15, 0.2) is 0 Å². The third kappa shape index (κ3) is 4.01. The van der Waals surface area contributed by atoms with Crippen LogP contribution in [0.4, 0.5) is 8.78 Å². The van der Waals surface area contributed by atoms with Gasteiger partial charge in [-0.3, -0.25) is 9.13 Å². The van der Waals surface area contributed by atoms with E-state index in [0.29, 0.717) is 11.8 Å². The van der Waals surface area contributed by atoms with Crippen molar-refractivity contribution in [2.75, 3.05) is 0 Å². The number of aliphatic hydroxyl groups is 1. The number of tetrazole rings is 1. The van der Waals surface area contributed by atoms with Gasteiger partial charge in [-0.25, -0.2) is 22.9 Å². The maximum atomic E-state index is 14.8. The molecule has 178 valence electrons. The molecule has 5 aromatic rings. The molecule has 0 aliphatic heterocycles. The average molecular weight is 479 g/mol. The first-order chi connectivity index (χ1) is 16.9. The first kappa shape index (κ1) is 22.3. The summed E-state index contributed by atoms with van der Waals surface area (Å²) in [6.45, 7) is 1.28. The highest BCUT2D eigenvalue weighted by atomic mass is 19.1. The highest BCUT2D eigenvalue weighted by Gasteiger charge is 2.41. The molecule has 35 heavy (non-hydrogen) atoms. The van der Waals surface area contributed by atoms with E-state index in [9.17, 15) is 18.7 Å². The second kappa shape index (κ2) is 8.68. The van der Waals surface area contributed by atoms with Gasteiger partial charge in [-0.1, -0.05) is 11.3 Å². The Kier molecular flexibility index (Phi) is 5.53. The van der Waals surface area contributed by atoms with E-state index < -0.39 is 29.0 Å². The highest BCUT2D eigenvalue weighted by molar-refractivity contribution is 5.41. The fourth-order valence-corrected chi connectivity index (χ4v) is 4.01. The molecular weight excluding hydrogens is 460 g/mol. The molecule has 0 saturated carbocycles. The topological polar surface area (TPSA) is 121 Å². The molecule has 2 atom stereocenters. The Morgan fingerprint density at radius 1 is 1.00 bits per heavy atom. The van der Waals surface area contributed by atoms with Gasteiger partial charge in [0.05, 0.1) is 36.4 Å². The molecule has 0 aliphatic rings. The maximum Gasteiger partial charge on any atom is 0.333 e. The van der Waals surface area contributed by atoms with Crippen LogP contribution in [-0.4, -0.2) is 49.4 Å². The number of hydrogen-bond acceptors (Lipinski definition) is 7. The average Bonchev–Trinajstić information content (AvgIpc) is 3.61. The number of imidazole rings is 1. The Morgan fingerprint density at radius 3 is 2.43 bits per heavy atom. The lowest BCUT2D eigenvalue weighted by molar-refractivity contribution is -0.0345. The Hall–Kier alpha value is -4.52. The van der Waals surface area contributed by atoms with E-state index in [1.807, 2.05) is 0 Å². The number of halogens is 2. The van der Waals surface area contributed by atoms with Crippen LogP contribution in [0.25, 0.3) is 11.4 Å². The molecule has 5 rings (SSSR count). The van der Waals surface area contributed by atoms with E-state index >= 15 is 0 Å². The SMILES string of the molecule is C[C@@H](n1ccn(-c2ccc(-n3ccnn3)cc2)c1=O)[C@](O)(Cn1cnnn1)c1ccc(F)cc1F. The number of nitrogens with zero attached hydrogens (tertiary/aromatic N) is 9. The molecule has 0 bridgehead atoms. The number of benzene rings is 2. The number of aromatic nitrogens is 9. The molecule has 0 amide bonds. The van der Waals surface area contributed by atoms with Gasteiger partial charge in [-0.05, 0) is 47.7 Å². The standard InChI is InChI=1S/C22H19F2N9O2/c1-15(22(35,13-30-14-26-27-29-30)19-7-2-16(23)12-20(19)24)31-10-11-32(21(31)34)17-3-5-18(6-4-17)33-9-8-25-28-33/h2-12,14-15,35H,13H2,1H3/t15-,22-/m1/s1. The highest BCUT2D eigenvalue weighted by Crippen LogP contribution is 2.36. The van der Waals surface area contributed by atoms with Gasteiger partial charge in [0.25, 0.3) is 0 Å². The fraction of sp³-hybridized carbons (Fsp3) is 0.182. The monoisotopic (exact) mass is 479 g/mol. The van der Waals surface area contributed by atoms with Gasteiger partial charge in [0.2, 0.25) is 0 Å². The van der Waals surface area contributed by atoms with Gasteiger partial charge < -0.3 is 5.11 Å². The van der Waals surface area contributed by atoms with E-state index in [1.54, 1.807) is 54.5 Å². The minimum absolute atomic E-state index is 0.196.